The summed E-state index contributed by atoms with van der Waals surface area (Å²) in [6.45, 7) is 1.91. The van der Waals surface area contributed by atoms with E-state index in [1.807, 2.05) is 52.3 Å². The number of hydrogen-bond acceptors (Lipinski definition) is 3. The molecule has 0 aromatic heterocycles. The summed E-state index contributed by atoms with van der Waals surface area (Å²) >= 11 is 0. The second-order valence-corrected chi connectivity index (χ2v) is 7.56. The van der Waals surface area contributed by atoms with Crippen molar-refractivity contribution in [3.8, 4) is 5.75 Å². The first-order chi connectivity index (χ1) is 13.7. The molecule has 0 aliphatic carbocycles. The number of carbonyl (C=O) groups excluding carboxylic acids is 2. The van der Waals surface area contributed by atoms with Crippen LogP contribution in [0.3, 0.4) is 0 Å². The predicted octanol–water partition coefficient (Wildman–Crippen LogP) is 3.07. The predicted molar refractivity (Wildman–Crippen MR) is 109 cm³/mol. The van der Waals surface area contributed by atoms with Gasteiger partial charge < -0.3 is 14.5 Å². The minimum Gasteiger partial charge on any atom is -0.497 e. The Labute approximate surface area is 165 Å². The summed E-state index contributed by atoms with van der Waals surface area (Å²) in [5, 5.41) is 0. The highest BCUT2D eigenvalue weighted by molar-refractivity contribution is 5.99. The van der Waals surface area contributed by atoms with Crippen LogP contribution < -0.4 is 9.64 Å². The maximum absolute atomic E-state index is 13.1. The molecule has 1 atom stereocenters. The Bertz CT molecular complexity index is 862. The number of para-hydroxylation sites is 1. The number of ether oxygens (including phenoxy) is 1. The molecule has 2 aromatic rings. The molecule has 2 aromatic carbocycles. The van der Waals surface area contributed by atoms with Crippen molar-refractivity contribution in [1.82, 2.24) is 4.90 Å². The number of hydrogen-bond donors (Lipinski definition) is 0. The Balaban J connectivity index is 1.38. The lowest BCUT2D eigenvalue weighted by atomic mass is 9.99. The van der Waals surface area contributed by atoms with E-state index in [9.17, 15) is 9.59 Å². The fourth-order valence-corrected chi connectivity index (χ4v) is 4.19. The van der Waals surface area contributed by atoms with E-state index in [0.29, 0.717) is 19.5 Å². The summed E-state index contributed by atoms with van der Waals surface area (Å²) < 4.78 is 5.18. The lowest BCUT2D eigenvalue weighted by molar-refractivity contribution is -0.128. The number of carbonyl (C=O) groups is 2. The summed E-state index contributed by atoms with van der Waals surface area (Å²) in [4.78, 5) is 29.3. The van der Waals surface area contributed by atoms with E-state index >= 15 is 0 Å². The van der Waals surface area contributed by atoms with E-state index in [2.05, 4.69) is 6.07 Å². The second-order valence-electron chi connectivity index (χ2n) is 7.56. The molecule has 0 N–H and O–H groups in total. The van der Waals surface area contributed by atoms with Crippen LogP contribution in [0.5, 0.6) is 5.75 Å². The van der Waals surface area contributed by atoms with E-state index in [1.54, 1.807) is 7.11 Å². The van der Waals surface area contributed by atoms with Gasteiger partial charge in [0, 0.05) is 31.7 Å². The van der Waals surface area contributed by atoms with Crippen LogP contribution >= 0.6 is 0 Å². The maximum atomic E-state index is 13.1. The zero-order chi connectivity index (χ0) is 19.5. The summed E-state index contributed by atoms with van der Waals surface area (Å²) in [6, 6.07) is 16.0. The van der Waals surface area contributed by atoms with E-state index in [0.717, 1.165) is 42.8 Å². The first-order valence-corrected chi connectivity index (χ1v) is 9.95. The number of fused-ring (bicyclic) bond motifs is 1. The highest BCUT2D eigenvalue weighted by Gasteiger charge is 2.37. The largest absolute Gasteiger partial charge is 0.497 e. The monoisotopic (exact) mass is 378 g/mol. The van der Waals surface area contributed by atoms with E-state index in [1.165, 1.54) is 5.56 Å². The van der Waals surface area contributed by atoms with E-state index < -0.39 is 0 Å². The number of likely N-dealkylation sites (tertiary alicyclic amines) is 1. The van der Waals surface area contributed by atoms with Gasteiger partial charge in [-0.15, -0.1) is 0 Å². The van der Waals surface area contributed by atoms with Crippen LogP contribution in [-0.4, -0.2) is 43.5 Å². The molecule has 1 unspecified atom stereocenters. The van der Waals surface area contributed by atoms with Crippen molar-refractivity contribution in [2.75, 3.05) is 31.6 Å². The zero-order valence-corrected chi connectivity index (χ0v) is 16.3. The van der Waals surface area contributed by atoms with Crippen LogP contribution in [0.15, 0.2) is 48.5 Å². The van der Waals surface area contributed by atoms with Crippen molar-refractivity contribution < 1.29 is 14.3 Å². The van der Waals surface area contributed by atoms with Gasteiger partial charge in [0.15, 0.2) is 0 Å². The number of benzene rings is 2. The average Bonchev–Trinajstić information content (AvgIpc) is 3.12. The van der Waals surface area contributed by atoms with Gasteiger partial charge in [0.1, 0.15) is 5.75 Å². The molecule has 0 radical (unpaired) electrons. The number of rotatable bonds is 5. The van der Waals surface area contributed by atoms with Gasteiger partial charge in [0.05, 0.1) is 13.0 Å². The number of anilines is 1. The molecule has 2 aliphatic heterocycles. The Kier molecular flexibility index (Phi) is 5.33. The molecule has 0 bridgehead atoms. The molecular weight excluding hydrogens is 352 g/mol. The second kappa shape index (κ2) is 8.05. The SMILES string of the molecule is COc1ccc(CCN2CC(C(=O)N3CCCc4ccccc43)CC2=O)cc1. The van der Waals surface area contributed by atoms with Gasteiger partial charge in [-0.3, -0.25) is 9.59 Å². The number of nitrogens with zero attached hydrogens (tertiary/aromatic N) is 2. The lowest BCUT2D eigenvalue weighted by Crippen LogP contribution is -2.40. The molecule has 1 fully saturated rings. The quantitative estimate of drug-likeness (QED) is 0.803. The molecule has 0 spiro atoms. The van der Waals surface area contributed by atoms with Crippen molar-refractivity contribution in [3.05, 3.63) is 59.7 Å². The molecular formula is C23H26N2O3. The van der Waals surface area contributed by atoms with Gasteiger partial charge in [-0.05, 0) is 48.6 Å². The molecule has 5 heteroatoms. The summed E-state index contributed by atoms with van der Waals surface area (Å²) in [7, 11) is 1.65. The molecule has 0 saturated carbocycles. The zero-order valence-electron chi connectivity index (χ0n) is 16.3. The molecule has 2 amide bonds. The van der Waals surface area contributed by atoms with Crippen molar-refractivity contribution in [2.45, 2.75) is 25.7 Å². The van der Waals surface area contributed by atoms with E-state index in [4.69, 9.17) is 4.74 Å². The van der Waals surface area contributed by atoms with Crippen LogP contribution in [0.4, 0.5) is 5.69 Å². The normalized spacial score (nSPS) is 18.9. The van der Waals surface area contributed by atoms with Crippen molar-refractivity contribution >= 4 is 17.5 Å². The van der Waals surface area contributed by atoms with Crippen LogP contribution in [0.2, 0.25) is 0 Å². The van der Waals surface area contributed by atoms with Crippen LogP contribution in [0.25, 0.3) is 0 Å². The van der Waals surface area contributed by atoms with Gasteiger partial charge in [-0.2, -0.15) is 0 Å². The molecule has 4 rings (SSSR count). The number of methoxy groups -OCH3 is 1. The minimum absolute atomic E-state index is 0.0807. The van der Waals surface area contributed by atoms with Crippen LogP contribution in [0.1, 0.15) is 24.0 Å². The first kappa shape index (κ1) is 18.5. The lowest BCUT2D eigenvalue weighted by Gasteiger charge is -2.31. The van der Waals surface area contributed by atoms with Crippen LogP contribution in [-0.2, 0) is 22.4 Å². The Morgan fingerprint density at radius 2 is 1.93 bits per heavy atom. The Hall–Kier alpha value is -2.82. The van der Waals surface area contributed by atoms with Crippen LogP contribution in [0, 0.1) is 5.92 Å². The molecule has 5 nitrogen and oxygen atoms in total. The third kappa shape index (κ3) is 3.75. The fraction of sp³-hybridized carbons (Fsp3) is 0.391. The molecule has 1 saturated heterocycles. The molecule has 146 valence electrons. The van der Waals surface area contributed by atoms with Crippen molar-refractivity contribution in [1.29, 1.82) is 0 Å². The highest BCUT2D eigenvalue weighted by Crippen LogP contribution is 2.30. The molecule has 2 heterocycles. The van der Waals surface area contributed by atoms with Gasteiger partial charge in [-0.1, -0.05) is 30.3 Å². The topological polar surface area (TPSA) is 49.9 Å². The maximum Gasteiger partial charge on any atom is 0.232 e. The Morgan fingerprint density at radius 1 is 1.14 bits per heavy atom. The van der Waals surface area contributed by atoms with Gasteiger partial charge >= 0.3 is 0 Å². The fourth-order valence-electron chi connectivity index (χ4n) is 4.19. The van der Waals surface area contributed by atoms with Gasteiger partial charge in [0.25, 0.3) is 0 Å². The highest BCUT2D eigenvalue weighted by atomic mass is 16.5. The third-order valence-corrected chi connectivity index (χ3v) is 5.77. The number of amides is 2. The summed E-state index contributed by atoms with van der Waals surface area (Å²) in [6.07, 6.45) is 3.09. The van der Waals surface area contributed by atoms with E-state index in [-0.39, 0.29) is 17.7 Å². The van der Waals surface area contributed by atoms with Crippen molar-refractivity contribution in [2.24, 2.45) is 5.92 Å². The standard InChI is InChI=1S/C23H26N2O3/c1-28-20-10-8-17(9-11-20)12-14-24-16-19(15-22(24)26)23(27)25-13-4-6-18-5-2-3-7-21(18)25/h2-3,5,7-11,19H,4,6,12-16H2,1H3. The molecule has 28 heavy (non-hydrogen) atoms. The van der Waals surface area contributed by atoms with Gasteiger partial charge in [0.2, 0.25) is 11.8 Å². The van der Waals surface area contributed by atoms with Gasteiger partial charge in [-0.25, -0.2) is 0 Å². The smallest absolute Gasteiger partial charge is 0.232 e. The Morgan fingerprint density at radius 3 is 2.71 bits per heavy atom. The average molecular weight is 378 g/mol. The first-order valence-electron chi connectivity index (χ1n) is 9.95. The third-order valence-electron chi connectivity index (χ3n) is 5.77. The number of aryl methyl sites for hydroxylation is 1. The molecule has 2 aliphatic rings. The van der Waals surface area contributed by atoms with Crippen molar-refractivity contribution in [3.63, 3.8) is 0 Å². The summed E-state index contributed by atoms with van der Waals surface area (Å²) in [5.74, 6) is 0.757. The minimum atomic E-state index is -0.241. The summed E-state index contributed by atoms with van der Waals surface area (Å²) in [5.41, 5.74) is 3.40.